The van der Waals surface area contributed by atoms with E-state index in [9.17, 15) is 5.11 Å². The van der Waals surface area contributed by atoms with Crippen molar-refractivity contribution in [1.82, 2.24) is 9.97 Å². The number of nitrogens with one attached hydrogen (secondary N) is 2. The number of hydrogen-bond acceptors (Lipinski definition) is 5. The van der Waals surface area contributed by atoms with Crippen molar-refractivity contribution in [2.45, 2.75) is 13.8 Å². The summed E-state index contributed by atoms with van der Waals surface area (Å²) < 4.78 is 0. The van der Waals surface area contributed by atoms with E-state index in [4.69, 9.17) is 0 Å². The van der Waals surface area contributed by atoms with Crippen LogP contribution in [0.15, 0.2) is 47.6 Å². The maximum absolute atomic E-state index is 10.2. The van der Waals surface area contributed by atoms with Crippen LogP contribution >= 0.6 is 0 Å². The van der Waals surface area contributed by atoms with E-state index in [-0.39, 0.29) is 5.75 Å². The molecule has 1 heterocycles. The quantitative estimate of drug-likeness (QED) is 0.479. The number of hydrogen-bond donors (Lipinski definition) is 3. The summed E-state index contributed by atoms with van der Waals surface area (Å²) >= 11 is 0. The minimum atomic E-state index is 0.203. The lowest BCUT2D eigenvalue weighted by Crippen LogP contribution is -2.21. The first-order valence-electron chi connectivity index (χ1n) is 8.03. The Hall–Kier alpha value is -3.02. The number of para-hydroxylation sites is 2. The van der Waals surface area contributed by atoms with Gasteiger partial charge in [-0.15, -0.1) is 0 Å². The minimum Gasteiger partial charge on any atom is -0.507 e. The van der Waals surface area contributed by atoms with E-state index in [0.717, 1.165) is 29.8 Å². The van der Waals surface area contributed by atoms with Crippen LogP contribution < -0.4 is 10.3 Å². The molecule has 0 amide bonds. The highest BCUT2D eigenvalue weighted by atomic mass is 16.3. The Bertz CT molecular complexity index is 818. The van der Waals surface area contributed by atoms with Gasteiger partial charge in [0.05, 0.1) is 17.2 Å². The molecule has 3 rings (SSSR count). The number of imidazole rings is 1. The molecular weight excluding hydrogens is 302 g/mol. The molecule has 0 aliphatic rings. The standard InChI is InChI=1S/C18H21N5O/c1-3-23(4-2)14-10-9-13(17(24)11-14)12-19-22-18-20-15-7-5-6-8-16(15)21-18/h5-12,24H,3-4H2,1-2H3,(H2,20,21,22)/b19-12+. The Morgan fingerprint density at radius 1 is 1.21 bits per heavy atom. The van der Waals surface area contributed by atoms with Crippen molar-refractivity contribution >= 4 is 28.9 Å². The lowest BCUT2D eigenvalue weighted by Gasteiger charge is -2.21. The maximum atomic E-state index is 10.2. The topological polar surface area (TPSA) is 76.5 Å². The number of fused-ring (bicyclic) bond motifs is 1. The summed E-state index contributed by atoms with van der Waals surface area (Å²) in [5.74, 6) is 0.765. The Kier molecular flexibility index (Phi) is 4.65. The van der Waals surface area contributed by atoms with Crippen LogP contribution in [0.5, 0.6) is 5.75 Å². The molecule has 3 aromatic rings. The molecular formula is C18H21N5O. The van der Waals surface area contributed by atoms with Crippen LogP contribution in [0.3, 0.4) is 0 Å². The fourth-order valence-electron chi connectivity index (χ4n) is 2.60. The zero-order chi connectivity index (χ0) is 16.9. The van der Waals surface area contributed by atoms with E-state index in [1.54, 1.807) is 12.3 Å². The van der Waals surface area contributed by atoms with Gasteiger partial charge in [0.2, 0.25) is 5.95 Å². The highest BCUT2D eigenvalue weighted by molar-refractivity contribution is 5.85. The molecule has 0 spiro atoms. The third kappa shape index (κ3) is 3.32. The summed E-state index contributed by atoms with van der Waals surface area (Å²) in [6, 6.07) is 13.4. The van der Waals surface area contributed by atoms with Crippen molar-refractivity contribution in [3.63, 3.8) is 0 Å². The molecule has 6 nitrogen and oxygen atoms in total. The zero-order valence-corrected chi connectivity index (χ0v) is 13.8. The van der Waals surface area contributed by atoms with Crippen molar-refractivity contribution in [1.29, 1.82) is 0 Å². The van der Waals surface area contributed by atoms with E-state index in [0.29, 0.717) is 11.5 Å². The second kappa shape index (κ2) is 7.04. The SMILES string of the molecule is CCN(CC)c1ccc(/C=N/Nc2nc3ccccc3[nH]2)c(O)c1. The fraction of sp³-hybridized carbons (Fsp3) is 0.222. The lowest BCUT2D eigenvalue weighted by molar-refractivity contribution is 0.474. The first kappa shape index (κ1) is 15.9. The summed E-state index contributed by atoms with van der Waals surface area (Å²) in [5.41, 5.74) is 6.32. The number of phenolic OH excluding ortho intramolecular Hbond substituents is 1. The van der Waals surface area contributed by atoms with E-state index >= 15 is 0 Å². The number of hydrazone groups is 1. The van der Waals surface area contributed by atoms with E-state index in [2.05, 4.69) is 39.2 Å². The largest absolute Gasteiger partial charge is 0.507 e. The van der Waals surface area contributed by atoms with Crippen LogP contribution in [-0.4, -0.2) is 34.4 Å². The van der Waals surface area contributed by atoms with Crippen molar-refractivity contribution in [2.24, 2.45) is 5.10 Å². The van der Waals surface area contributed by atoms with Gasteiger partial charge in [-0.25, -0.2) is 10.4 Å². The molecule has 0 unspecified atom stereocenters. The van der Waals surface area contributed by atoms with Crippen molar-refractivity contribution in [2.75, 3.05) is 23.4 Å². The Morgan fingerprint density at radius 2 is 2.00 bits per heavy atom. The molecule has 0 aliphatic heterocycles. The number of nitrogens with zero attached hydrogens (tertiary/aromatic N) is 3. The van der Waals surface area contributed by atoms with Crippen LogP contribution in [0.2, 0.25) is 0 Å². The molecule has 0 radical (unpaired) electrons. The van der Waals surface area contributed by atoms with Crippen LogP contribution in [0, 0.1) is 0 Å². The third-order valence-electron chi connectivity index (χ3n) is 3.91. The number of rotatable bonds is 6. The first-order valence-corrected chi connectivity index (χ1v) is 8.03. The van der Waals surface area contributed by atoms with Gasteiger partial charge in [-0.3, -0.25) is 0 Å². The summed E-state index contributed by atoms with van der Waals surface area (Å²) in [5, 5.41) is 14.3. The number of anilines is 2. The first-order chi connectivity index (χ1) is 11.7. The zero-order valence-electron chi connectivity index (χ0n) is 13.8. The van der Waals surface area contributed by atoms with Gasteiger partial charge in [0.1, 0.15) is 5.75 Å². The number of phenols is 1. The van der Waals surface area contributed by atoms with Gasteiger partial charge >= 0.3 is 0 Å². The van der Waals surface area contributed by atoms with Crippen molar-refractivity contribution in [3.05, 3.63) is 48.0 Å². The van der Waals surface area contributed by atoms with Crippen molar-refractivity contribution < 1.29 is 5.11 Å². The number of aromatic hydroxyl groups is 1. The van der Waals surface area contributed by atoms with Crippen LogP contribution in [0.4, 0.5) is 11.6 Å². The monoisotopic (exact) mass is 323 g/mol. The van der Waals surface area contributed by atoms with E-state index in [1.807, 2.05) is 36.4 Å². The predicted octanol–water partition coefficient (Wildman–Crippen LogP) is 3.56. The minimum absolute atomic E-state index is 0.203. The second-order valence-corrected chi connectivity index (χ2v) is 5.39. The van der Waals surface area contributed by atoms with Gasteiger partial charge in [0.25, 0.3) is 0 Å². The lowest BCUT2D eigenvalue weighted by atomic mass is 10.2. The number of aromatic nitrogens is 2. The summed E-state index contributed by atoms with van der Waals surface area (Å²) in [6.07, 6.45) is 1.58. The summed E-state index contributed by atoms with van der Waals surface area (Å²) in [4.78, 5) is 9.68. The van der Waals surface area contributed by atoms with Gasteiger partial charge in [-0.2, -0.15) is 5.10 Å². The molecule has 124 valence electrons. The predicted molar refractivity (Wildman–Crippen MR) is 99.0 cm³/mol. The highest BCUT2D eigenvalue weighted by Crippen LogP contribution is 2.23. The van der Waals surface area contributed by atoms with Crippen LogP contribution in [-0.2, 0) is 0 Å². The Labute approximate surface area is 140 Å². The molecule has 0 bridgehead atoms. The fourth-order valence-corrected chi connectivity index (χ4v) is 2.60. The van der Waals surface area contributed by atoms with Gasteiger partial charge in [0, 0.05) is 30.4 Å². The molecule has 0 fully saturated rings. The average molecular weight is 323 g/mol. The molecule has 24 heavy (non-hydrogen) atoms. The van der Waals surface area contributed by atoms with E-state index < -0.39 is 0 Å². The molecule has 0 saturated carbocycles. The molecule has 0 atom stereocenters. The Balaban J connectivity index is 1.72. The molecule has 2 aromatic carbocycles. The molecule has 6 heteroatoms. The van der Waals surface area contributed by atoms with Crippen LogP contribution in [0.25, 0.3) is 11.0 Å². The summed E-state index contributed by atoms with van der Waals surface area (Å²) in [6.45, 7) is 5.98. The maximum Gasteiger partial charge on any atom is 0.222 e. The Morgan fingerprint density at radius 3 is 2.71 bits per heavy atom. The highest BCUT2D eigenvalue weighted by Gasteiger charge is 2.05. The smallest absolute Gasteiger partial charge is 0.222 e. The van der Waals surface area contributed by atoms with Gasteiger partial charge in [0.15, 0.2) is 0 Å². The molecule has 0 saturated heterocycles. The van der Waals surface area contributed by atoms with Gasteiger partial charge in [-0.05, 0) is 38.1 Å². The number of benzene rings is 2. The van der Waals surface area contributed by atoms with Gasteiger partial charge < -0.3 is 15.0 Å². The van der Waals surface area contributed by atoms with Crippen molar-refractivity contribution in [3.8, 4) is 5.75 Å². The van der Waals surface area contributed by atoms with Gasteiger partial charge in [-0.1, -0.05) is 12.1 Å². The average Bonchev–Trinajstić information content (AvgIpc) is 3.00. The molecule has 1 aromatic heterocycles. The number of aromatic amines is 1. The van der Waals surface area contributed by atoms with Crippen LogP contribution in [0.1, 0.15) is 19.4 Å². The number of H-pyrrole nitrogens is 1. The molecule has 0 aliphatic carbocycles. The summed E-state index contributed by atoms with van der Waals surface area (Å²) in [7, 11) is 0. The molecule has 3 N–H and O–H groups in total. The normalized spacial score (nSPS) is 11.2. The second-order valence-electron chi connectivity index (χ2n) is 5.39. The third-order valence-corrected chi connectivity index (χ3v) is 3.91. The van der Waals surface area contributed by atoms with E-state index in [1.165, 1.54) is 0 Å².